The second-order valence-corrected chi connectivity index (χ2v) is 3.30. The van der Waals surface area contributed by atoms with E-state index in [9.17, 15) is 0 Å². The van der Waals surface area contributed by atoms with Crippen LogP contribution in [0.25, 0.3) is 0 Å². The lowest BCUT2D eigenvalue weighted by Crippen LogP contribution is -2.25. The van der Waals surface area contributed by atoms with Crippen molar-refractivity contribution in [2.24, 2.45) is 17.6 Å². The van der Waals surface area contributed by atoms with E-state index in [4.69, 9.17) is 10.5 Å². The van der Waals surface area contributed by atoms with Crippen LogP contribution in [0, 0.1) is 11.8 Å². The minimum atomic E-state index is 0.356. The molecule has 60 valence electrons. The molecule has 0 aromatic rings. The van der Waals surface area contributed by atoms with Crippen LogP contribution in [0.15, 0.2) is 0 Å². The normalized spacial score (nSPS) is 48.0. The maximum atomic E-state index is 5.60. The molecular formula is C8H17NO. The zero-order chi connectivity index (χ0) is 7.72. The van der Waals surface area contributed by atoms with Crippen molar-refractivity contribution >= 4 is 0 Å². The van der Waals surface area contributed by atoms with Crippen LogP contribution >= 0.6 is 0 Å². The smallest absolute Gasteiger partial charge is 0.0594 e. The Morgan fingerprint density at radius 2 is 1.80 bits per heavy atom. The summed E-state index contributed by atoms with van der Waals surface area (Å²) in [4.78, 5) is 0. The summed E-state index contributed by atoms with van der Waals surface area (Å²) in [7, 11) is 0. The standard InChI is InChI=1S/C8H17NO/c1-5-6(2)10-7(3)8(5)4-9/h5-8H,4,9H2,1-3H3/t5-,6+,7-,8+/m1/s1. The lowest BCUT2D eigenvalue weighted by atomic mass is 9.90. The van der Waals surface area contributed by atoms with Crippen LogP contribution in [0.4, 0.5) is 0 Å². The van der Waals surface area contributed by atoms with E-state index in [0.29, 0.717) is 24.0 Å². The summed E-state index contributed by atoms with van der Waals surface area (Å²) in [6, 6.07) is 0. The van der Waals surface area contributed by atoms with Crippen LogP contribution in [0.2, 0.25) is 0 Å². The van der Waals surface area contributed by atoms with Gasteiger partial charge in [0.25, 0.3) is 0 Å². The van der Waals surface area contributed by atoms with E-state index in [1.54, 1.807) is 0 Å². The quantitative estimate of drug-likeness (QED) is 0.594. The van der Waals surface area contributed by atoms with E-state index in [2.05, 4.69) is 20.8 Å². The predicted molar refractivity (Wildman–Crippen MR) is 41.7 cm³/mol. The van der Waals surface area contributed by atoms with Crippen LogP contribution in [0.1, 0.15) is 20.8 Å². The Bertz CT molecular complexity index is 116. The third kappa shape index (κ3) is 1.18. The van der Waals surface area contributed by atoms with E-state index >= 15 is 0 Å². The van der Waals surface area contributed by atoms with E-state index in [0.717, 1.165) is 6.54 Å². The molecule has 0 radical (unpaired) electrons. The van der Waals surface area contributed by atoms with Crippen LogP contribution in [-0.2, 0) is 4.74 Å². The Hall–Kier alpha value is -0.0800. The van der Waals surface area contributed by atoms with Gasteiger partial charge in [-0.3, -0.25) is 0 Å². The molecule has 0 spiro atoms. The fourth-order valence-electron chi connectivity index (χ4n) is 1.75. The fourth-order valence-corrected chi connectivity index (χ4v) is 1.75. The minimum absolute atomic E-state index is 0.356. The van der Waals surface area contributed by atoms with Crippen molar-refractivity contribution in [1.82, 2.24) is 0 Å². The molecule has 0 saturated carbocycles. The molecule has 2 nitrogen and oxygen atoms in total. The van der Waals surface area contributed by atoms with Gasteiger partial charge in [-0.05, 0) is 26.3 Å². The molecule has 0 aromatic carbocycles. The SMILES string of the molecule is C[C@H]1[C@H](CN)[C@@H](C)O[C@H]1C. The highest BCUT2D eigenvalue weighted by molar-refractivity contribution is 4.83. The molecule has 1 heterocycles. The zero-order valence-electron chi connectivity index (χ0n) is 7.00. The van der Waals surface area contributed by atoms with Gasteiger partial charge in [-0.15, -0.1) is 0 Å². The van der Waals surface area contributed by atoms with Crippen molar-refractivity contribution in [1.29, 1.82) is 0 Å². The second kappa shape index (κ2) is 2.89. The zero-order valence-corrected chi connectivity index (χ0v) is 7.00. The third-order valence-electron chi connectivity index (χ3n) is 2.72. The highest BCUT2D eigenvalue weighted by atomic mass is 16.5. The number of hydrogen-bond donors (Lipinski definition) is 1. The van der Waals surface area contributed by atoms with E-state index in [1.807, 2.05) is 0 Å². The Morgan fingerprint density at radius 1 is 1.20 bits per heavy atom. The van der Waals surface area contributed by atoms with Crippen LogP contribution in [-0.4, -0.2) is 18.8 Å². The summed E-state index contributed by atoms with van der Waals surface area (Å²) in [5.74, 6) is 1.19. The summed E-state index contributed by atoms with van der Waals surface area (Å²) in [6.07, 6.45) is 0.749. The Kier molecular flexibility index (Phi) is 2.32. The first-order valence-corrected chi connectivity index (χ1v) is 4.02. The van der Waals surface area contributed by atoms with Gasteiger partial charge < -0.3 is 10.5 Å². The predicted octanol–water partition coefficient (Wildman–Crippen LogP) is 1.00. The van der Waals surface area contributed by atoms with Gasteiger partial charge in [-0.2, -0.15) is 0 Å². The van der Waals surface area contributed by atoms with Crippen molar-refractivity contribution in [3.63, 3.8) is 0 Å². The van der Waals surface area contributed by atoms with Crippen molar-refractivity contribution in [2.75, 3.05) is 6.54 Å². The summed E-state index contributed by atoms with van der Waals surface area (Å²) in [5, 5.41) is 0. The van der Waals surface area contributed by atoms with Gasteiger partial charge in [0, 0.05) is 5.92 Å². The Morgan fingerprint density at radius 3 is 2.00 bits per heavy atom. The van der Waals surface area contributed by atoms with Gasteiger partial charge in [0.2, 0.25) is 0 Å². The summed E-state index contributed by atoms with van der Waals surface area (Å²) >= 11 is 0. The van der Waals surface area contributed by atoms with Crippen molar-refractivity contribution in [3.8, 4) is 0 Å². The van der Waals surface area contributed by atoms with Gasteiger partial charge in [0.05, 0.1) is 12.2 Å². The average molecular weight is 143 g/mol. The Balaban J connectivity index is 2.55. The number of hydrogen-bond acceptors (Lipinski definition) is 2. The molecule has 1 aliphatic rings. The highest BCUT2D eigenvalue weighted by Crippen LogP contribution is 2.30. The van der Waals surface area contributed by atoms with Crippen molar-refractivity contribution < 1.29 is 4.74 Å². The van der Waals surface area contributed by atoms with Crippen LogP contribution in [0.5, 0.6) is 0 Å². The molecule has 0 aliphatic carbocycles. The van der Waals surface area contributed by atoms with E-state index < -0.39 is 0 Å². The molecule has 0 aromatic heterocycles. The maximum absolute atomic E-state index is 5.60. The van der Waals surface area contributed by atoms with Gasteiger partial charge in [0.1, 0.15) is 0 Å². The molecule has 0 amide bonds. The van der Waals surface area contributed by atoms with Gasteiger partial charge >= 0.3 is 0 Å². The third-order valence-corrected chi connectivity index (χ3v) is 2.72. The van der Waals surface area contributed by atoms with Gasteiger partial charge in [-0.25, -0.2) is 0 Å². The molecule has 0 bridgehead atoms. The van der Waals surface area contributed by atoms with Gasteiger partial charge in [-0.1, -0.05) is 6.92 Å². The monoisotopic (exact) mass is 143 g/mol. The maximum Gasteiger partial charge on any atom is 0.0594 e. The van der Waals surface area contributed by atoms with Crippen LogP contribution < -0.4 is 5.73 Å². The summed E-state index contributed by atoms with van der Waals surface area (Å²) in [6.45, 7) is 7.20. The second-order valence-electron chi connectivity index (χ2n) is 3.30. The Labute approximate surface area is 62.7 Å². The molecule has 4 atom stereocenters. The number of ether oxygens (including phenoxy) is 1. The molecule has 0 unspecified atom stereocenters. The molecule has 1 fully saturated rings. The molecular weight excluding hydrogens is 126 g/mol. The van der Waals surface area contributed by atoms with Gasteiger partial charge in [0.15, 0.2) is 0 Å². The average Bonchev–Trinajstić information content (AvgIpc) is 2.09. The molecule has 2 N–H and O–H groups in total. The van der Waals surface area contributed by atoms with Crippen LogP contribution in [0.3, 0.4) is 0 Å². The lowest BCUT2D eigenvalue weighted by Gasteiger charge is -2.14. The largest absolute Gasteiger partial charge is 0.375 e. The highest BCUT2D eigenvalue weighted by Gasteiger charge is 2.35. The summed E-state index contributed by atoms with van der Waals surface area (Å²) in [5.41, 5.74) is 5.60. The summed E-state index contributed by atoms with van der Waals surface area (Å²) < 4.78 is 5.60. The lowest BCUT2D eigenvalue weighted by molar-refractivity contribution is 0.0518. The van der Waals surface area contributed by atoms with Crippen molar-refractivity contribution in [2.45, 2.75) is 33.0 Å². The number of rotatable bonds is 1. The number of nitrogens with two attached hydrogens (primary N) is 1. The van der Waals surface area contributed by atoms with Crippen molar-refractivity contribution in [3.05, 3.63) is 0 Å². The first-order chi connectivity index (χ1) is 4.66. The molecule has 2 heteroatoms. The van der Waals surface area contributed by atoms with E-state index in [1.165, 1.54) is 0 Å². The fraction of sp³-hybridized carbons (Fsp3) is 1.00. The first-order valence-electron chi connectivity index (χ1n) is 4.02. The minimum Gasteiger partial charge on any atom is -0.375 e. The molecule has 1 rings (SSSR count). The molecule has 10 heavy (non-hydrogen) atoms. The molecule has 1 saturated heterocycles. The topological polar surface area (TPSA) is 35.2 Å². The van der Waals surface area contributed by atoms with E-state index in [-0.39, 0.29) is 0 Å². The first kappa shape index (κ1) is 8.02. The molecule has 1 aliphatic heterocycles.